The van der Waals surface area contributed by atoms with E-state index in [0.717, 1.165) is 12.2 Å². The molecule has 0 aliphatic carbocycles. The van der Waals surface area contributed by atoms with E-state index in [4.69, 9.17) is 4.74 Å². The summed E-state index contributed by atoms with van der Waals surface area (Å²) in [5.41, 5.74) is 1.17. The smallest absolute Gasteiger partial charge is 0.169 e. The van der Waals surface area contributed by atoms with Crippen LogP contribution in [0.25, 0.3) is 0 Å². The maximum Gasteiger partial charge on any atom is 0.169 e. The van der Waals surface area contributed by atoms with Crippen LogP contribution in [0.4, 0.5) is 0 Å². The van der Waals surface area contributed by atoms with Crippen molar-refractivity contribution in [1.29, 1.82) is 0 Å². The number of para-hydroxylation sites is 1. The number of phenolic OH excluding ortho intramolecular Hbond substituents is 1. The third-order valence-corrected chi connectivity index (χ3v) is 3.56. The average molecular weight is 284 g/mol. The Labute approximate surface area is 127 Å². The summed E-state index contributed by atoms with van der Waals surface area (Å²) in [6.07, 6.45) is 7.34. The molecule has 0 fully saturated rings. The third kappa shape index (κ3) is 5.14. The maximum atomic E-state index is 10.1. The minimum absolute atomic E-state index is 0.213. The zero-order valence-electron chi connectivity index (χ0n) is 12.7. The highest BCUT2D eigenvalue weighted by Gasteiger charge is 2.05. The van der Waals surface area contributed by atoms with E-state index in [1.807, 2.05) is 48.5 Å². The van der Waals surface area contributed by atoms with Gasteiger partial charge in [0.25, 0.3) is 0 Å². The van der Waals surface area contributed by atoms with E-state index in [1.165, 1.54) is 37.7 Å². The van der Waals surface area contributed by atoms with Gasteiger partial charge in [-0.25, -0.2) is 0 Å². The summed E-state index contributed by atoms with van der Waals surface area (Å²) in [6.45, 7) is 2.23. The third-order valence-electron chi connectivity index (χ3n) is 3.56. The molecule has 2 rings (SSSR count). The molecule has 2 nitrogen and oxygen atoms in total. The minimum Gasteiger partial charge on any atom is -0.504 e. The minimum atomic E-state index is 0.213. The van der Waals surface area contributed by atoms with Gasteiger partial charge in [0.15, 0.2) is 11.5 Å². The molecule has 0 heterocycles. The van der Waals surface area contributed by atoms with Gasteiger partial charge in [0.1, 0.15) is 5.75 Å². The summed E-state index contributed by atoms with van der Waals surface area (Å²) in [5, 5.41) is 10.1. The molecule has 0 unspecified atom stereocenters. The van der Waals surface area contributed by atoms with Crippen LogP contribution in [0, 0.1) is 0 Å². The quantitative estimate of drug-likeness (QED) is 0.630. The number of hydrogen-bond acceptors (Lipinski definition) is 2. The number of hydrogen-bond donors (Lipinski definition) is 1. The summed E-state index contributed by atoms with van der Waals surface area (Å²) in [7, 11) is 0. The number of rotatable bonds is 8. The molecule has 2 aromatic rings. The first-order chi connectivity index (χ1) is 10.3. The van der Waals surface area contributed by atoms with Crippen molar-refractivity contribution in [3.05, 3.63) is 54.1 Å². The van der Waals surface area contributed by atoms with Gasteiger partial charge in [-0.05, 0) is 42.7 Å². The monoisotopic (exact) mass is 284 g/mol. The van der Waals surface area contributed by atoms with Crippen LogP contribution in [-0.4, -0.2) is 5.11 Å². The van der Waals surface area contributed by atoms with Gasteiger partial charge in [-0.3, -0.25) is 0 Å². The zero-order valence-corrected chi connectivity index (χ0v) is 12.7. The van der Waals surface area contributed by atoms with E-state index in [-0.39, 0.29) is 5.75 Å². The molecule has 112 valence electrons. The van der Waals surface area contributed by atoms with Gasteiger partial charge in [-0.1, -0.05) is 56.9 Å². The van der Waals surface area contributed by atoms with Crippen LogP contribution in [-0.2, 0) is 6.42 Å². The Morgan fingerprint density at radius 2 is 1.67 bits per heavy atom. The van der Waals surface area contributed by atoms with E-state index < -0.39 is 0 Å². The molecule has 0 atom stereocenters. The molecule has 0 aliphatic rings. The van der Waals surface area contributed by atoms with Crippen molar-refractivity contribution in [2.75, 3.05) is 0 Å². The second kappa shape index (κ2) is 8.35. The van der Waals surface area contributed by atoms with Crippen LogP contribution < -0.4 is 4.74 Å². The highest BCUT2D eigenvalue weighted by Crippen LogP contribution is 2.31. The Morgan fingerprint density at radius 1 is 0.905 bits per heavy atom. The molecule has 2 heteroatoms. The summed E-state index contributed by atoms with van der Waals surface area (Å²) >= 11 is 0. The second-order valence-electron chi connectivity index (χ2n) is 5.38. The molecule has 0 bridgehead atoms. The lowest BCUT2D eigenvalue weighted by Gasteiger charge is -2.09. The fraction of sp³-hybridized carbons (Fsp3) is 0.368. The summed E-state index contributed by atoms with van der Waals surface area (Å²) in [4.78, 5) is 0. The lowest BCUT2D eigenvalue weighted by molar-refractivity contribution is 0.410. The predicted molar refractivity (Wildman–Crippen MR) is 87.1 cm³/mol. The standard InChI is InChI=1S/C19H24O2/c1-2-3-4-5-7-10-16-13-14-19(18(20)15-16)21-17-11-8-6-9-12-17/h6,8-9,11-15,20H,2-5,7,10H2,1H3. The first kappa shape index (κ1) is 15.4. The van der Waals surface area contributed by atoms with Crippen molar-refractivity contribution in [1.82, 2.24) is 0 Å². The normalized spacial score (nSPS) is 10.5. The largest absolute Gasteiger partial charge is 0.504 e. The van der Waals surface area contributed by atoms with Crippen molar-refractivity contribution in [3.63, 3.8) is 0 Å². The van der Waals surface area contributed by atoms with Crippen LogP contribution in [0.5, 0.6) is 17.2 Å². The Balaban J connectivity index is 1.88. The van der Waals surface area contributed by atoms with Crippen LogP contribution in [0.2, 0.25) is 0 Å². The average Bonchev–Trinajstić information content (AvgIpc) is 2.51. The molecule has 0 saturated heterocycles. The van der Waals surface area contributed by atoms with Gasteiger partial charge in [0, 0.05) is 0 Å². The van der Waals surface area contributed by atoms with Crippen LogP contribution >= 0.6 is 0 Å². The Bertz CT molecular complexity index is 535. The van der Waals surface area contributed by atoms with E-state index in [2.05, 4.69) is 6.92 Å². The van der Waals surface area contributed by atoms with Crippen molar-refractivity contribution in [3.8, 4) is 17.2 Å². The lowest BCUT2D eigenvalue weighted by atomic mass is 10.1. The fourth-order valence-corrected chi connectivity index (χ4v) is 2.35. The molecule has 0 aliphatic heterocycles. The Kier molecular flexibility index (Phi) is 6.14. The predicted octanol–water partition coefficient (Wildman–Crippen LogP) is 5.70. The molecular weight excluding hydrogens is 260 g/mol. The highest BCUT2D eigenvalue weighted by atomic mass is 16.5. The van der Waals surface area contributed by atoms with Gasteiger partial charge in [0.2, 0.25) is 0 Å². The molecule has 0 amide bonds. The highest BCUT2D eigenvalue weighted by molar-refractivity contribution is 5.44. The van der Waals surface area contributed by atoms with Gasteiger partial charge >= 0.3 is 0 Å². The molecular formula is C19H24O2. The van der Waals surface area contributed by atoms with Crippen molar-refractivity contribution in [2.45, 2.75) is 45.4 Å². The Hall–Kier alpha value is -1.96. The lowest BCUT2D eigenvalue weighted by Crippen LogP contribution is -1.89. The molecule has 21 heavy (non-hydrogen) atoms. The van der Waals surface area contributed by atoms with E-state index in [9.17, 15) is 5.11 Å². The number of aryl methyl sites for hydroxylation is 1. The summed E-state index contributed by atoms with van der Waals surface area (Å²) < 4.78 is 5.67. The van der Waals surface area contributed by atoms with Gasteiger partial charge in [0.05, 0.1) is 0 Å². The van der Waals surface area contributed by atoms with Gasteiger partial charge in [-0.2, -0.15) is 0 Å². The van der Waals surface area contributed by atoms with E-state index in [1.54, 1.807) is 0 Å². The Morgan fingerprint density at radius 3 is 2.38 bits per heavy atom. The van der Waals surface area contributed by atoms with E-state index in [0.29, 0.717) is 5.75 Å². The molecule has 0 radical (unpaired) electrons. The van der Waals surface area contributed by atoms with Gasteiger partial charge in [-0.15, -0.1) is 0 Å². The first-order valence-electron chi connectivity index (χ1n) is 7.84. The van der Waals surface area contributed by atoms with Crippen LogP contribution in [0.3, 0.4) is 0 Å². The fourth-order valence-electron chi connectivity index (χ4n) is 2.35. The summed E-state index contributed by atoms with van der Waals surface area (Å²) in [5.74, 6) is 1.46. The summed E-state index contributed by atoms with van der Waals surface area (Å²) in [6, 6.07) is 15.2. The second-order valence-corrected chi connectivity index (χ2v) is 5.38. The first-order valence-corrected chi connectivity index (χ1v) is 7.84. The SMILES string of the molecule is CCCCCCCc1ccc(Oc2ccccc2)c(O)c1. The molecule has 0 aromatic heterocycles. The number of aromatic hydroxyl groups is 1. The molecule has 1 N–H and O–H groups in total. The van der Waals surface area contributed by atoms with E-state index >= 15 is 0 Å². The van der Waals surface area contributed by atoms with Crippen molar-refractivity contribution >= 4 is 0 Å². The topological polar surface area (TPSA) is 29.5 Å². The van der Waals surface area contributed by atoms with Crippen LogP contribution in [0.1, 0.15) is 44.6 Å². The van der Waals surface area contributed by atoms with Crippen molar-refractivity contribution < 1.29 is 9.84 Å². The number of phenols is 1. The maximum absolute atomic E-state index is 10.1. The molecule has 2 aromatic carbocycles. The van der Waals surface area contributed by atoms with Crippen molar-refractivity contribution in [2.24, 2.45) is 0 Å². The van der Waals surface area contributed by atoms with Crippen LogP contribution in [0.15, 0.2) is 48.5 Å². The molecule has 0 spiro atoms. The number of ether oxygens (including phenoxy) is 1. The number of benzene rings is 2. The zero-order chi connectivity index (χ0) is 14.9. The number of unbranched alkanes of at least 4 members (excludes halogenated alkanes) is 4. The molecule has 0 saturated carbocycles. The van der Waals surface area contributed by atoms with Gasteiger partial charge < -0.3 is 9.84 Å².